The Hall–Kier alpha value is -2.05. The van der Waals surface area contributed by atoms with Gasteiger partial charge in [-0.3, -0.25) is 9.69 Å². The van der Waals surface area contributed by atoms with E-state index in [-0.39, 0.29) is 17.4 Å². The number of halogens is 1. The van der Waals surface area contributed by atoms with E-state index in [0.29, 0.717) is 11.2 Å². The van der Waals surface area contributed by atoms with E-state index in [2.05, 4.69) is 14.9 Å². The van der Waals surface area contributed by atoms with Crippen LogP contribution in [0.15, 0.2) is 29.1 Å². The molecule has 0 bridgehead atoms. The molecular formula is C19H22FN3OS. The van der Waals surface area contributed by atoms with Gasteiger partial charge in [-0.1, -0.05) is 12.1 Å². The third-order valence-electron chi connectivity index (χ3n) is 4.78. The van der Waals surface area contributed by atoms with Gasteiger partial charge in [0, 0.05) is 11.4 Å². The van der Waals surface area contributed by atoms with Crippen LogP contribution in [0.1, 0.15) is 34.8 Å². The number of aromatic nitrogens is 2. The molecule has 0 saturated heterocycles. The first kappa shape index (κ1) is 17.8. The molecule has 3 rings (SSSR count). The Bertz CT molecular complexity index is 946. The van der Waals surface area contributed by atoms with Crippen molar-refractivity contribution in [3.05, 3.63) is 62.3 Å². The molecule has 0 aliphatic rings. The summed E-state index contributed by atoms with van der Waals surface area (Å²) in [6, 6.07) is 6.55. The molecule has 0 aliphatic carbocycles. The third-order valence-corrected chi connectivity index (χ3v) is 5.88. The number of hydrogen-bond donors (Lipinski definition) is 1. The van der Waals surface area contributed by atoms with Crippen molar-refractivity contribution in [1.82, 2.24) is 14.9 Å². The van der Waals surface area contributed by atoms with Gasteiger partial charge in [0.15, 0.2) is 0 Å². The number of H-pyrrole nitrogens is 1. The predicted octanol–water partition coefficient (Wildman–Crippen LogP) is 3.98. The molecule has 6 heteroatoms. The van der Waals surface area contributed by atoms with Gasteiger partial charge in [-0.25, -0.2) is 9.37 Å². The Kier molecular flexibility index (Phi) is 5.01. The number of thiophene rings is 1. The molecule has 0 spiro atoms. The lowest BCUT2D eigenvalue weighted by Gasteiger charge is -2.23. The van der Waals surface area contributed by atoms with Gasteiger partial charge in [-0.05, 0) is 57.5 Å². The average Bonchev–Trinajstić information content (AvgIpc) is 2.88. The van der Waals surface area contributed by atoms with E-state index in [9.17, 15) is 9.18 Å². The molecule has 3 aromatic rings. The van der Waals surface area contributed by atoms with E-state index < -0.39 is 0 Å². The first-order valence-corrected chi connectivity index (χ1v) is 9.13. The maximum Gasteiger partial charge on any atom is 0.259 e. The van der Waals surface area contributed by atoms with Crippen LogP contribution < -0.4 is 5.56 Å². The van der Waals surface area contributed by atoms with Crippen LogP contribution in [0.5, 0.6) is 0 Å². The molecule has 0 amide bonds. The highest BCUT2D eigenvalue weighted by atomic mass is 32.1. The molecule has 1 aromatic carbocycles. The number of rotatable bonds is 5. The Morgan fingerprint density at radius 1 is 1.28 bits per heavy atom. The normalized spacial score (nSPS) is 12.9. The summed E-state index contributed by atoms with van der Waals surface area (Å²) in [5, 5.41) is 0.701. The van der Waals surface area contributed by atoms with Crippen molar-refractivity contribution in [1.29, 1.82) is 0 Å². The number of aryl methyl sites for hydroxylation is 2. The monoisotopic (exact) mass is 359 g/mol. The number of benzene rings is 1. The van der Waals surface area contributed by atoms with Crippen LogP contribution in [0.2, 0.25) is 0 Å². The zero-order valence-corrected chi connectivity index (χ0v) is 15.7. The Morgan fingerprint density at radius 2 is 1.96 bits per heavy atom. The van der Waals surface area contributed by atoms with Gasteiger partial charge in [-0.2, -0.15) is 0 Å². The summed E-state index contributed by atoms with van der Waals surface area (Å²) < 4.78 is 13.0. The second-order valence-corrected chi connectivity index (χ2v) is 7.65. The molecule has 2 aromatic heterocycles. The molecule has 0 unspecified atom stereocenters. The largest absolute Gasteiger partial charge is 0.309 e. The smallest absolute Gasteiger partial charge is 0.259 e. The minimum absolute atomic E-state index is 0.0136. The maximum absolute atomic E-state index is 13.0. The first-order valence-electron chi connectivity index (χ1n) is 8.31. The molecule has 0 aliphatic heterocycles. The van der Waals surface area contributed by atoms with Crippen molar-refractivity contribution in [2.45, 2.75) is 33.2 Å². The second kappa shape index (κ2) is 7.06. The summed E-state index contributed by atoms with van der Waals surface area (Å²) in [6.07, 6.45) is 0.810. The fraction of sp³-hybridized carbons (Fsp3) is 0.368. The summed E-state index contributed by atoms with van der Waals surface area (Å²) in [4.78, 5) is 24.1. The molecular weight excluding hydrogens is 337 g/mol. The summed E-state index contributed by atoms with van der Waals surface area (Å²) >= 11 is 1.56. The topological polar surface area (TPSA) is 49.0 Å². The third kappa shape index (κ3) is 3.65. The molecule has 25 heavy (non-hydrogen) atoms. The number of nitrogens with zero attached hydrogens (tertiary/aromatic N) is 2. The van der Waals surface area contributed by atoms with Gasteiger partial charge >= 0.3 is 0 Å². The molecule has 1 atom stereocenters. The molecule has 1 N–H and O–H groups in total. The quantitative estimate of drug-likeness (QED) is 0.750. The van der Waals surface area contributed by atoms with Crippen LogP contribution in [-0.2, 0) is 6.42 Å². The van der Waals surface area contributed by atoms with E-state index in [1.165, 1.54) is 12.1 Å². The lowest BCUT2D eigenvalue weighted by atomic mass is 10.1. The minimum Gasteiger partial charge on any atom is -0.309 e. The standard InChI is InChI=1S/C19H22FN3OS/c1-11-13(3)25-19-16(11)18(24)21-17(22-19)12(2)23(4)10-9-14-5-7-15(20)8-6-14/h5-8,12H,9-10H2,1-4H3,(H,21,22,24)/t12-/m1/s1. The molecule has 132 valence electrons. The van der Waals surface area contributed by atoms with E-state index in [1.807, 2.05) is 27.8 Å². The van der Waals surface area contributed by atoms with Crippen LogP contribution >= 0.6 is 11.3 Å². The lowest BCUT2D eigenvalue weighted by Crippen LogP contribution is -2.28. The van der Waals surface area contributed by atoms with Gasteiger partial charge in [0.2, 0.25) is 0 Å². The first-order chi connectivity index (χ1) is 11.9. The highest BCUT2D eigenvalue weighted by molar-refractivity contribution is 7.18. The summed E-state index contributed by atoms with van der Waals surface area (Å²) in [5.41, 5.74) is 2.03. The fourth-order valence-electron chi connectivity index (χ4n) is 2.83. The molecule has 0 saturated carbocycles. The van der Waals surface area contributed by atoms with Gasteiger partial charge in [0.1, 0.15) is 16.5 Å². The number of aromatic amines is 1. The van der Waals surface area contributed by atoms with Gasteiger partial charge in [0.05, 0.1) is 11.4 Å². The van der Waals surface area contributed by atoms with Crippen molar-refractivity contribution < 1.29 is 4.39 Å². The highest BCUT2D eigenvalue weighted by Gasteiger charge is 2.18. The number of hydrogen-bond acceptors (Lipinski definition) is 4. The van der Waals surface area contributed by atoms with Crippen LogP contribution in [0.3, 0.4) is 0 Å². The van der Waals surface area contributed by atoms with E-state index in [1.54, 1.807) is 23.5 Å². The lowest BCUT2D eigenvalue weighted by molar-refractivity contribution is 0.255. The summed E-state index contributed by atoms with van der Waals surface area (Å²) in [6.45, 7) is 6.79. The number of likely N-dealkylation sites (N-methyl/N-ethyl adjacent to an activating group) is 1. The highest BCUT2D eigenvalue weighted by Crippen LogP contribution is 2.27. The predicted molar refractivity (Wildman–Crippen MR) is 101 cm³/mol. The van der Waals surface area contributed by atoms with E-state index in [0.717, 1.165) is 33.8 Å². The van der Waals surface area contributed by atoms with Crippen LogP contribution in [0.4, 0.5) is 4.39 Å². The van der Waals surface area contributed by atoms with Crippen molar-refractivity contribution in [3.63, 3.8) is 0 Å². The summed E-state index contributed by atoms with van der Waals surface area (Å²) in [7, 11) is 2.00. The number of fused-ring (bicyclic) bond motifs is 1. The van der Waals surface area contributed by atoms with Crippen molar-refractivity contribution in [3.8, 4) is 0 Å². The Morgan fingerprint density at radius 3 is 2.64 bits per heavy atom. The van der Waals surface area contributed by atoms with Gasteiger partial charge < -0.3 is 4.98 Å². The zero-order chi connectivity index (χ0) is 18.1. The SMILES string of the molecule is Cc1sc2nc([C@@H](C)N(C)CCc3ccc(F)cc3)[nH]c(=O)c2c1C. The van der Waals surface area contributed by atoms with Gasteiger partial charge in [-0.15, -0.1) is 11.3 Å². The van der Waals surface area contributed by atoms with Crippen LogP contribution in [-0.4, -0.2) is 28.5 Å². The maximum atomic E-state index is 13.0. The van der Waals surface area contributed by atoms with E-state index in [4.69, 9.17) is 0 Å². The van der Waals surface area contributed by atoms with Gasteiger partial charge in [0.25, 0.3) is 5.56 Å². The van der Waals surface area contributed by atoms with Crippen LogP contribution in [0.25, 0.3) is 10.2 Å². The summed E-state index contributed by atoms with van der Waals surface area (Å²) in [5.74, 6) is 0.461. The molecule has 0 fully saturated rings. The minimum atomic E-state index is -0.220. The Balaban J connectivity index is 1.77. The van der Waals surface area contributed by atoms with Crippen LogP contribution in [0, 0.1) is 19.7 Å². The fourth-order valence-corrected chi connectivity index (χ4v) is 3.87. The molecule has 0 radical (unpaired) electrons. The molecule has 4 nitrogen and oxygen atoms in total. The van der Waals surface area contributed by atoms with E-state index >= 15 is 0 Å². The van der Waals surface area contributed by atoms with Crippen molar-refractivity contribution >= 4 is 21.6 Å². The second-order valence-electron chi connectivity index (χ2n) is 6.45. The van der Waals surface area contributed by atoms with Crippen molar-refractivity contribution in [2.75, 3.05) is 13.6 Å². The number of nitrogens with one attached hydrogen (secondary N) is 1. The van der Waals surface area contributed by atoms with Crippen molar-refractivity contribution in [2.24, 2.45) is 0 Å². The zero-order valence-electron chi connectivity index (χ0n) is 14.9. The Labute approximate surface area is 150 Å². The average molecular weight is 359 g/mol. The molecule has 2 heterocycles.